The Morgan fingerprint density at radius 3 is 2.87 bits per heavy atom. The molecule has 1 amide bonds. The Kier molecular flexibility index (Phi) is 4.14. The van der Waals surface area contributed by atoms with Crippen molar-refractivity contribution in [2.24, 2.45) is 0 Å². The quantitative estimate of drug-likeness (QED) is 0.632. The third kappa shape index (κ3) is 3.11. The molecule has 6 nitrogen and oxygen atoms in total. The maximum atomic E-state index is 12.3. The Balaban J connectivity index is 1.89. The zero-order valence-corrected chi connectivity index (χ0v) is 12.9. The molecular weight excluding hydrogens is 296 g/mol. The second-order valence-electron chi connectivity index (χ2n) is 5.68. The van der Waals surface area contributed by atoms with Crippen molar-refractivity contribution < 1.29 is 14.5 Å². The molecule has 23 heavy (non-hydrogen) atoms. The number of hydrogen-bond acceptors (Lipinski definition) is 4. The number of allylic oxidation sites excluding steroid dienone is 2. The highest BCUT2D eigenvalue weighted by atomic mass is 16.6. The Hall–Kier alpha value is -2.63. The van der Waals surface area contributed by atoms with Crippen molar-refractivity contribution in [3.8, 4) is 0 Å². The number of non-ortho nitro benzene ring substituents is 1. The molecule has 0 N–H and O–H groups in total. The van der Waals surface area contributed by atoms with Crippen LogP contribution >= 0.6 is 0 Å². The zero-order chi connectivity index (χ0) is 16.4. The summed E-state index contributed by atoms with van der Waals surface area (Å²) in [4.78, 5) is 24.5. The molecular formula is C17H18N2O4. The highest BCUT2D eigenvalue weighted by Gasteiger charge is 2.26. The van der Waals surface area contributed by atoms with Crippen LogP contribution in [0.1, 0.15) is 24.8 Å². The van der Waals surface area contributed by atoms with Crippen LogP contribution in [-0.4, -0.2) is 24.5 Å². The Bertz CT molecular complexity index is 721. The molecule has 0 radical (unpaired) electrons. The molecule has 0 saturated heterocycles. The van der Waals surface area contributed by atoms with E-state index >= 15 is 0 Å². The summed E-state index contributed by atoms with van der Waals surface area (Å²) < 4.78 is 5.29. The fraction of sp³-hybridized carbons (Fsp3) is 0.353. The first kappa shape index (κ1) is 15.3. The lowest BCUT2D eigenvalue weighted by molar-refractivity contribution is -0.384. The van der Waals surface area contributed by atoms with Crippen LogP contribution in [0.3, 0.4) is 0 Å². The first-order valence-corrected chi connectivity index (χ1v) is 7.60. The number of carbonyl (C=O) groups excluding carboxylic acids is 1. The van der Waals surface area contributed by atoms with Gasteiger partial charge in [-0.3, -0.25) is 14.9 Å². The van der Waals surface area contributed by atoms with Crippen LogP contribution in [0, 0.1) is 10.1 Å². The van der Waals surface area contributed by atoms with Gasteiger partial charge in [-0.2, -0.15) is 0 Å². The van der Waals surface area contributed by atoms with Crippen molar-refractivity contribution in [2.45, 2.75) is 25.7 Å². The molecule has 2 aliphatic rings. The van der Waals surface area contributed by atoms with Gasteiger partial charge in [0.25, 0.3) is 5.69 Å². The predicted octanol–water partition coefficient (Wildman–Crippen LogP) is 3.12. The number of amides is 1. The van der Waals surface area contributed by atoms with Gasteiger partial charge in [-0.25, -0.2) is 0 Å². The van der Waals surface area contributed by atoms with Gasteiger partial charge in [0, 0.05) is 30.7 Å². The maximum absolute atomic E-state index is 12.3. The monoisotopic (exact) mass is 314 g/mol. The minimum Gasteiger partial charge on any atom is -0.501 e. The van der Waals surface area contributed by atoms with E-state index in [0.717, 1.165) is 35.4 Å². The fourth-order valence-corrected chi connectivity index (χ4v) is 3.02. The lowest BCUT2D eigenvalue weighted by Gasteiger charge is -2.30. The molecule has 1 aliphatic heterocycles. The zero-order valence-electron chi connectivity index (χ0n) is 12.9. The SMILES string of the molecule is COC1=CC(CN2C(=O)CCc3cc([N+](=O)[O-])ccc32)=CCC1. The number of ether oxygens (including phenoxy) is 1. The second kappa shape index (κ2) is 6.24. The van der Waals surface area contributed by atoms with E-state index in [9.17, 15) is 14.9 Å². The number of methoxy groups -OCH3 is 1. The first-order valence-electron chi connectivity index (χ1n) is 7.60. The van der Waals surface area contributed by atoms with Gasteiger partial charge in [0.05, 0.1) is 24.3 Å². The van der Waals surface area contributed by atoms with Crippen molar-refractivity contribution in [2.75, 3.05) is 18.6 Å². The van der Waals surface area contributed by atoms with E-state index in [1.54, 1.807) is 24.1 Å². The van der Waals surface area contributed by atoms with Crippen molar-refractivity contribution >= 4 is 17.3 Å². The highest BCUT2D eigenvalue weighted by Crippen LogP contribution is 2.32. The van der Waals surface area contributed by atoms with Crippen LogP contribution in [-0.2, 0) is 16.0 Å². The molecule has 3 rings (SSSR count). The van der Waals surface area contributed by atoms with Gasteiger partial charge in [0.1, 0.15) is 0 Å². The van der Waals surface area contributed by atoms with E-state index in [0.29, 0.717) is 19.4 Å². The molecule has 0 saturated carbocycles. The number of aryl methyl sites for hydroxylation is 1. The van der Waals surface area contributed by atoms with Crippen LogP contribution in [0.15, 0.2) is 41.7 Å². The molecule has 1 aliphatic carbocycles. The van der Waals surface area contributed by atoms with Gasteiger partial charge < -0.3 is 9.64 Å². The summed E-state index contributed by atoms with van der Waals surface area (Å²) >= 11 is 0. The van der Waals surface area contributed by atoms with Gasteiger partial charge in [-0.05, 0) is 36.1 Å². The summed E-state index contributed by atoms with van der Waals surface area (Å²) in [7, 11) is 1.65. The molecule has 0 fully saturated rings. The summed E-state index contributed by atoms with van der Waals surface area (Å²) in [6.45, 7) is 0.469. The van der Waals surface area contributed by atoms with Gasteiger partial charge in [-0.15, -0.1) is 0 Å². The van der Waals surface area contributed by atoms with Crippen LogP contribution < -0.4 is 4.90 Å². The Morgan fingerprint density at radius 1 is 1.30 bits per heavy atom. The van der Waals surface area contributed by atoms with E-state index in [-0.39, 0.29) is 11.6 Å². The summed E-state index contributed by atoms with van der Waals surface area (Å²) in [5.74, 6) is 0.959. The van der Waals surface area contributed by atoms with Crippen molar-refractivity contribution in [3.05, 3.63) is 57.4 Å². The van der Waals surface area contributed by atoms with Crippen molar-refractivity contribution in [1.82, 2.24) is 0 Å². The highest BCUT2D eigenvalue weighted by molar-refractivity contribution is 5.97. The average Bonchev–Trinajstić information content (AvgIpc) is 2.57. The van der Waals surface area contributed by atoms with Crippen molar-refractivity contribution in [1.29, 1.82) is 0 Å². The third-order valence-electron chi connectivity index (χ3n) is 4.22. The largest absolute Gasteiger partial charge is 0.501 e. The van der Waals surface area contributed by atoms with Crippen LogP contribution in [0.5, 0.6) is 0 Å². The number of rotatable bonds is 4. The number of nitro groups is 1. The number of hydrogen-bond donors (Lipinski definition) is 0. The molecule has 1 aromatic carbocycles. The number of nitro benzene ring substituents is 1. The molecule has 0 atom stereocenters. The predicted molar refractivity (Wildman–Crippen MR) is 86.2 cm³/mol. The molecule has 0 bridgehead atoms. The number of benzene rings is 1. The molecule has 120 valence electrons. The molecule has 0 aromatic heterocycles. The molecule has 0 spiro atoms. The Morgan fingerprint density at radius 2 is 2.13 bits per heavy atom. The van der Waals surface area contributed by atoms with E-state index in [4.69, 9.17) is 4.74 Å². The summed E-state index contributed by atoms with van der Waals surface area (Å²) in [5.41, 5.74) is 2.72. The summed E-state index contributed by atoms with van der Waals surface area (Å²) in [6, 6.07) is 4.70. The molecule has 6 heteroatoms. The standard InChI is InChI=1S/C17H18N2O4/c1-23-15-4-2-3-12(9-15)11-18-16-7-6-14(19(21)22)10-13(16)5-8-17(18)20/h3,6-7,9-10H,2,4-5,8,11H2,1H3. The number of fused-ring (bicyclic) bond motifs is 1. The average molecular weight is 314 g/mol. The van der Waals surface area contributed by atoms with E-state index in [1.807, 2.05) is 6.08 Å². The topological polar surface area (TPSA) is 72.7 Å². The van der Waals surface area contributed by atoms with Gasteiger partial charge in [-0.1, -0.05) is 6.08 Å². The van der Waals surface area contributed by atoms with Crippen LogP contribution in [0.25, 0.3) is 0 Å². The Labute approximate surface area is 134 Å². The fourth-order valence-electron chi connectivity index (χ4n) is 3.02. The van der Waals surface area contributed by atoms with Gasteiger partial charge >= 0.3 is 0 Å². The second-order valence-corrected chi connectivity index (χ2v) is 5.68. The molecule has 1 heterocycles. The molecule has 1 aromatic rings. The lowest BCUT2D eigenvalue weighted by Crippen LogP contribution is -2.36. The number of anilines is 1. The normalized spacial score (nSPS) is 17.3. The lowest BCUT2D eigenvalue weighted by atomic mass is 9.98. The summed E-state index contributed by atoms with van der Waals surface area (Å²) in [5, 5.41) is 10.9. The molecule has 0 unspecified atom stereocenters. The third-order valence-corrected chi connectivity index (χ3v) is 4.22. The number of carbonyl (C=O) groups is 1. The maximum Gasteiger partial charge on any atom is 0.269 e. The summed E-state index contributed by atoms with van der Waals surface area (Å²) in [6.07, 6.45) is 6.76. The van der Waals surface area contributed by atoms with Gasteiger partial charge in [0.15, 0.2) is 0 Å². The van der Waals surface area contributed by atoms with E-state index < -0.39 is 4.92 Å². The van der Waals surface area contributed by atoms with Crippen molar-refractivity contribution in [3.63, 3.8) is 0 Å². The van der Waals surface area contributed by atoms with E-state index in [1.165, 1.54) is 6.07 Å². The van der Waals surface area contributed by atoms with E-state index in [2.05, 4.69) is 6.08 Å². The minimum atomic E-state index is -0.404. The van der Waals surface area contributed by atoms with Crippen LogP contribution in [0.4, 0.5) is 11.4 Å². The minimum absolute atomic E-state index is 0.0465. The van der Waals surface area contributed by atoms with Gasteiger partial charge in [0.2, 0.25) is 5.91 Å². The van der Waals surface area contributed by atoms with Crippen LogP contribution in [0.2, 0.25) is 0 Å². The smallest absolute Gasteiger partial charge is 0.269 e. The number of nitrogens with zero attached hydrogens (tertiary/aromatic N) is 2. The first-order chi connectivity index (χ1) is 11.1.